The molecule has 0 rings (SSSR count). The molecule has 0 aliphatic carbocycles. The van der Waals surface area contributed by atoms with E-state index in [4.69, 9.17) is 21.4 Å². The minimum Gasteiger partial charge on any atom is -0.323 e. The third-order valence-electron chi connectivity index (χ3n) is 0.702. The van der Waals surface area contributed by atoms with Gasteiger partial charge in [0.2, 0.25) is 0 Å². The lowest BCUT2D eigenvalue weighted by Gasteiger charge is -2.06. The van der Waals surface area contributed by atoms with Crippen molar-refractivity contribution in [3.8, 4) is 0 Å². The first kappa shape index (κ1) is 8.44. The summed E-state index contributed by atoms with van der Waals surface area (Å²) >= 11 is 5.18. The monoisotopic (exact) mass is 158 g/mol. The second kappa shape index (κ2) is 2.83. The van der Waals surface area contributed by atoms with E-state index in [1.807, 2.05) is 0 Å². The summed E-state index contributed by atoms with van der Waals surface area (Å²) in [4.78, 5) is 16.5. The first-order valence-electron chi connectivity index (χ1n) is 2.17. The second-order valence-electron chi connectivity index (χ2n) is 1.43. The molecule has 8 heavy (non-hydrogen) atoms. The van der Waals surface area contributed by atoms with E-state index in [0.717, 1.165) is 0 Å². The summed E-state index contributed by atoms with van der Waals surface area (Å²) in [7, 11) is -3.99. The summed E-state index contributed by atoms with van der Waals surface area (Å²) in [5.74, 6) is 0. The quantitative estimate of drug-likeness (QED) is 0.468. The molecule has 0 aliphatic rings. The molecule has 1 atom stereocenters. The molecule has 0 radical (unpaired) electrons. The zero-order valence-corrected chi connectivity index (χ0v) is 6.06. The van der Waals surface area contributed by atoms with Gasteiger partial charge in [-0.25, -0.2) is 0 Å². The molecular weight excluding hydrogens is 150 g/mol. The van der Waals surface area contributed by atoms with Crippen molar-refractivity contribution in [1.82, 2.24) is 0 Å². The number of rotatable bonds is 2. The van der Waals surface area contributed by atoms with E-state index in [1.165, 1.54) is 0 Å². The maximum atomic E-state index is 10.1. The van der Waals surface area contributed by atoms with Crippen LogP contribution in [0.5, 0.6) is 0 Å². The van der Waals surface area contributed by atoms with Gasteiger partial charge in [-0.2, -0.15) is 0 Å². The van der Waals surface area contributed by atoms with Crippen molar-refractivity contribution < 1.29 is 14.4 Å². The Morgan fingerprint density at radius 1 is 1.75 bits per heavy atom. The third kappa shape index (κ3) is 2.68. The van der Waals surface area contributed by atoms with Crippen molar-refractivity contribution in [2.24, 2.45) is 0 Å². The molecular formula is C3H8ClO3P. The van der Waals surface area contributed by atoms with E-state index in [-0.39, 0.29) is 0 Å². The average molecular weight is 159 g/mol. The van der Waals surface area contributed by atoms with Gasteiger partial charge >= 0.3 is 7.60 Å². The van der Waals surface area contributed by atoms with Gasteiger partial charge in [-0.3, -0.25) is 4.57 Å². The maximum absolute atomic E-state index is 10.1. The fourth-order valence-electron chi connectivity index (χ4n) is 0.238. The minimum absolute atomic E-state index is 0.297. The zero-order chi connectivity index (χ0) is 6.78. The summed E-state index contributed by atoms with van der Waals surface area (Å²) in [5, 5.41) is -1.01. The van der Waals surface area contributed by atoms with Crippen LogP contribution >= 0.6 is 19.2 Å². The van der Waals surface area contributed by atoms with Gasteiger partial charge < -0.3 is 9.79 Å². The van der Waals surface area contributed by atoms with Crippen molar-refractivity contribution in [2.45, 2.75) is 18.5 Å². The highest BCUT2D eigenvalue weighted by Gasteiger charge is 2.23. The maximum Gasteiger partial charge on any atom is 0.343 e. The molecule has 0 aromatic heterocycles. The molecule has 0 saturated carbocycles. The molecule has 5 heteroatoms. The molecule has 0 bridgehead atoms. The van der Waals surface area contributed by atoms with E-state index in [0.29, 0.717) is 6.42 Å². The van der Waals surface area contributed by atoms with Gasteiger partial charge in [-0.1, -0.05) is 6.92 Å². The van der Waals surface area contributed by atoms with Gasteiger partial charge in [0, 0.05) is 0 Å². The van der Waals surface area contributed by atoms with Crippen molar-refractivity contribution in [2.75, 3.05) is 0 Å². The van der Waals surface area contributed by atoms with Gasteiger partial charge in [0.05, 0.1) is 0 Å². The van der Waals surface area contributed by atoms with Crippen LogP contribution in [-0.2, 0) is 4.57 Å². The predicted molar refractivity (Wildman–Crippen MR) is 32.0 cm³/mol. The van der Waals surface area contributed by atoms with Crippen molar-refractivity contribution in [1.29, 1.82) is 0 Å². The van der Waals surface area contributed by atoms with E-state index < -0.39 is 12.7 Å². The van der Waals surface area contributed by atoms with E-state index in [1.54, 1.807) is 6.92 Å². The highest BCUT2D eigenvalue weighted by atomic mass is 35.5. The van der Waals surface area contributed by atoms with E-state index in [9.17, 15) is 4.57 Å². The van der Waals surface area contributed by atoms with Crippen LogP contribution in [0.15, 0.2) is 0 Å². The van der Waals surface area contributed by atoms with Gasteiger partial charge in [-0.15, -0.1) is 11.6 Å². The first-order valence-corrected chi connectivity index (χ1v) is 4.29. The Hall–Kier alpha value is 0.440. The molecule has 50 valence electrons. The molecule has 0 fully saturated rings. The third-order valence-corrected chi connectivity index (χ3v) is 2.87. The number of alkyl halides is 1. The summed E-state index contributed by atoms with van der Waals surface area (Å²) in [5.41, 5.74) is 0. The smallest absolute Gasteiger partial charge is 0.323 e. The molecule has 0 aromatic rings. The van der Waals surface area contributed by atoms with Crippen LogP contribution in [0.3, 0.4) is 0 Å². The Labute approximate surface area is 52.8 Å². The molecule has 0 aromatic carbocycles. The van der Waals surface area contributed by atoms with Crippen LogP contribution in [0.25, 0.3) is 0 Å². The molecule has 2 N–H and O–H groups in total. The number of halogens is 1. The van der Waals surface area contributed by atoms with Crippen LogP contribution in [-0.4, -0.2) is 14.9 Å². The predicted octanol–water partition coefficient (Wildman–Crippen LogP) is 1.14. The van der Waals surface area contributed by atoms with Gasteiger partial charge in [-0.05, 0) is 6.42 Å². The first-order chi connectivity index (χ1) is 3.48. The molecule has 0 spiro atoms. The molecule has 0 heterocycles. The number of hydrogen-bond acceptors (Lipinski definition) is 1. The molecule has 0 saturated heterocycles. The highest BCUT2D eigenvalue weighted by Crippen LogP contribution is 2.44. The van der Waals surface area contributed by atoms with E-state index >= 15 is 0 Å². The molecule has 0 aliphatic heterocycles. The van der Waals surface area contributed by atoms with Crippen LogP contribution in [0.2, 0.25) is 0 Å². The van der Waals surface area contributed by atoms with Gasteiger partial charge in [0.1, 0.15) is 5.12 Å². The van der Waals surface area contributed by atoms with E-state index in [2.05, 4.69) is 0 Å². The Kier molecular flexibility index (Phi) is 2.99. The minimum atomic E-state index is -3.99. The fraction of sp³-hybridized carbons (Fsp3) is 1.00. The van der Waals surface area contributed by atoms with Crippen molar-refractivity contribution >= 4 is 19.2 Å². The Bertz CT molecular complexity index is 109. The second-order valence-corrected chi connectivity index (χ2v) is 4.06. The van der Waals surface area contributed by atoms with Crippen LogP contribution in [0.4, 0.5) is 0 Å². The van der Waals surface area contributed by atoms with Crippen molar-refractivity contribution in [3.05, 3.63) is 0 Å². The van der Waals surface area contributed by atoms with Crippen LogP contribution < -0.4 is 0 Å². The normalized spacial score (nSPS) is 16.0. The molecule has 0 unspecified atom stereocenters. The standard InChI is InChI=1S/C3H8ClO3P/c1-2-3(4)8(5,6)7/h3H,2H2,1H3,(H2,5,6,7)/t3-/m0/s1. The highest BCUT2D eigenvalue weighted by molar-refractivity contribution is 7.54. The Morgan fingerprint density at radius 2 is 2.12 bits per heavy atom. The average Bonchev–Trinajstić information content (AvgIpc) is 1.62. The van der Waals surface area contributed by atoms with Crippen LogP contribution in [0, 0.1) is 0 Å². The Morgan fingerprint density at radius 3 is 2.12 bits per heavy atom. The van der Waals surface area contributed by atoms with Gasteiger partial charge in [0.25, 0.3) is 0 Å². The lowest BCUT2D eigenvalue weighted by atomic mass is 10.6. The molecule has 0 amide bonds. The lowest BCUT2D eigenvalue weighted by Crippen LogP contribution is -1.95. The summed E-state index contributed by atoms with van der Waals surface area (Å²) < 4.78 is 10.1. The fourth-order valence-corrected chi connectivity index (χ4v) is 0.714. The Balaban J connectivity index is 3.82. The topological polar surface area (TPSA) is 57.5 Å². The van der Waals surface area contributed by atoms with Gasteiger partial charge in [0.15, 0.2) is 0 Å². The summed E-state index contributed by atoms with van der Waals surface area (Å²) in [6, 6.07) is 0. The summed E-state index contributed by atoms with van der Waals surface area (Å²) in [6.07, 6.45) is 0.297. The SMILES string of the molecule is CC[C@@H](Cl)P(=O)(O)O. The van der Waals surface area contributed by atoms with Crippen LogP contribution in [0.1, 0.15) is 13.3 Å². The number of hydrogen-bond donors (Lipinski definition) is 2. The summed E-state index contributed by atoms with van der Waals surface area (Å²) in [6.45, 7) is 1.62. The lowest BCUT2D eigenvalue weighted by molar-refractivity contribution is 0.368. The molecule has 3 nitrogen and oxygen atoms in total. The van der Waals surface area contributed by atoms with Crippen molar-refractivity contribution in [3.63, 3.8) is 0 Å². The largest absolute Gasteiger partial charge is 0.343 e. The zero-order valence-electron chi connectivity index (χ0n) is 4.41.